The number of benzene rings is 1. The summed E-state index contributed by atoms with van der Waals surface area (Å²) in [6, 6.07) is 10.7. The molecule has 1 aliphatic rings. The molecule has 0 aromatic heterocycles. The lowest BCUT2D eigenvalue weighted by Gasteiger charge is -2.27. The molecule has 1 aromatic rings. The second-order valence-corrected chi connectivity index (χ2v) is 5.43. The molecular formula is C13H16IN. The maximum Gasteiger partial charge on any atom is 0.0294 e. The lowest BCUT2D eigenvalue weighted by atomic mass is 10.1. The zero-order valence-electron chi connectivity index (χ0n) is 9.04. The highest BCUT2D eigenvalue weighted by Gasteiger charge is 2.14. The molecule has 1 nitrogen and oxygen atoms in total. The third kappa shape index (κ3) is 3.05. The topological polar surface area (TPSA) is 3.24 Å². The van der Waals surface area contributed by atoms with E-state index >= 15 is 0 Å². The normalized spacial score (nSPS) is 18.3. The van der Waals surface area contributed by atoms with Gasteiger partial charge in [-0.25, -0.2) is 0 Å². The number of halogens is 1. The predicted molar refractivity (Wildman–Crippen MR) is 73.1 cm³/mol. The smallest absolute Gasteiger partial charge is 0.0294 e. The Morgan fingerprint density at radius 2 is 2.00 bits per heavy atom. The Morgan fingerprint density at radius 3 is 2.67 bits per heavy atom. The van der Waals surface area contributed by atoms with E-state index in [9.17, 15) is 0 Å². The van der Waals surface area contributed by atoms with Gasteiger partial charge in [-0.15, -0.1) is 0 Å². The third-order valence-corrected chi connectivity index (χ3v) is 4.14. The molecule has 80 valence electrons. The molecule has 15 heavy (non-hydrogen) atoms. The molecule has 0 N–H and O–H groups in total. The van der Waals surface area contributed by atoms with E-state index in [1.54, 1.807) is 5.57 Å². The molecular weight excluding hydrogens is 297 g/mol. The summed E-state index contributed by atoms with van der Waals surface area (Å²) in [7, 11) is 0. The molecule has 0 atom stereocenters. The van der Waals surface area contributed by atoms with E-state index in [0.717, 1.165) is 13.1 Å². The molecule has 0 aliphatic carbocycles. The molecule has 1 aliphatic heterocycles. The molecule has 0 fully saturated rings. The minimum Gasteiger partial charge on any atom is -0.294 e. The summed E-state index contributed by atoms with van der Waals surface area (Å²) in [4.78, 5) is 2.52. The molecule has 0 amide bonds. The standard InChI is InChI=1S/C13H16IN/c1-11-7-8-15(10-13(11)14)9-12-5-3-2-4-6-12/h2-6H,7-10H2,1H3. The number of hydrogen-bond acceptors (Lipinski definition) is 1. The van der Waals surface area contributed by atoms with Gasteiger partial charge >= 0.3 is 0 Å². The van der Waals surface area contributed by atoms with Crippen molar-refractivity contribution in [1.82, 2.24) is 4.90 Å². The fraction of sp³-hybridized carbons (Fsp3) is 0.385. The Morgan fingerprint density at radius 1 is 1.27 bits per heavy atom. The number of rotatable bonds is 2. The van der Waals surface area contributed by atoms with Gasteiger partial charge in [0, 0.05) is 23.2 Å². The maximum absolute atomic E-state index is 2.52. The van der Waals surface area contributed by atoms with Crippen molar-refractivity contribution in [1.29, 1.82) is 0 Å². The molecule has 2 rings (SSSR count). The van der Waals surface area contributed by atoms with E-state index < -0.39 is 0 Å². The van der Waals surface area contributed by atoms with Crippen LogP contribution in [0.2, 0.25) is 0 Å². The first-order valence-corrected chi connectivity index (χ1v) is 6.44. The minimum atomic E-state index is 1.08. The summed E-state index contributed by atoms with van der Waals surface area (Å²) < 4.78 is 1.52. The van der Waals surface area contributed by atoms with Crippen LogP contribution in [0.15, 0.2) is 39.5 Å². The first-order chi connectivity index (χ1) is 7.25. The fourth-order valence-corrected chi connectivity index (χ4v) is 2.60. The van der Waals surface area contributed by atoms with E-state index in [-0.39, 0.29) is 0 Å². The molecule has 0 saturated heterocycles. The Labute approximate surface area is 105 Å². The predicted octanol–water partition coefficient (Wildman–Crippen LogP) is 3.60. The monoisotopic (exact) mass is 313 g/mol. The molecule has 0 radical (unpaired) electrons. The number of hydrogen-bond donors (Lipinski definition) is 0. The molecule has 0 saturated carbocycles. The van der Waals surface area contributed by atoms with Gasteiger partial charge in [-0.1, -0.05) is 35.9 Å². The van der Waals surface area contributed by atoms with E-state index in [1.807, 2.05) is 0 Å². The largest absolute Gasteiger partial charge is 0.294 e. The third-order valence-electron chi connectivity index (χ3n) is 2.88. The summed E-state index contributed by atoms with van der Waals surface area (Å²) >= 11 is 2.48. The van der Waals surface area contributed by atoms with Gasteiger partial charge in [0.2, 0.25) is 0 Å². The second kappa shape index (κ2) is 5.12. The summed E-state index contributed by atoms with van der Waals surface area (Å²) in [5.41, 5.74) is 2.99. The van der Waals surface area contributed by atoms with Crippen molar-refractivity contribution >= 4 is 22.6 Å². The first-order valence-electron chi connectivity index (χ1n) is 5.36. The van der Waals surface area contributed by atoms with Crippen molar-refractivity contribution in [2.45, 2.75) is 19.9 Å². The van der Waals surface area contributed by atoms with Crippen LogP contribution < -0.4 is 0 Å². The van der Waals surface area contributed by atoms with Crippen LogP contribution in [0.5, 0.6) is 0 Å². The van der Waals surface area contributed by atoms with Gasteiger partial charge in [-0.05, 0) is 41.5 Å². The van der Waals surface area contributed by atoms with E-state index in [2.05, 4.69) is 64.7 Å². The Balaban J connectivity index is 1.98. The summed E-state index contributed by atoms with van der Waals surface area (Å²) in [6.45, 7) is 5.66. The van der Waals surface area contributed by atoms with Crippen molar-refractivity contribution in [2.24, 2.45) is 0 Å². The van der Waals surface area contributed by atoms with E-state index in [1.165, 1.54) is 22.1 Å². The van der Waals surface area contributed by atoms with Gasteiger partial charge < -0.3 is 0 Å². The van der Waals surface area contributed by atoms with Gasteiger partial charge in [0.1, 0.15) is 0 Å². The lowest BCUT2D eigenvalue weighted by Crippen LogP contribution is -2.29. The van der Waals surface area contributed by atoms with Gasteiger partial charge in [0.25, 0.3) is 0 Å². The van der Waals surface area contributed by atoms with Crippen LogP contribution in [0.1, 0.15) is 18.9 Å². The van der Waals surface area contributed by atoms with Crippen LogP contribution in [-0.4, -0.2) is 18.0 Å². The van der Waals surface area contributed by atoms with Crippen molar-refractivity contribution in [3.63, 3.8) is 0 Å². The van der Waals surface area contributed by atoms with E-state index in [0.29, 0.717) is 0 Å². The zero-order valence-corrected chi connectivity index (χ0v) is 11.2. The summed E-state index contributed by atoms with van der Waals surface area (Å²) in [6.07, 6.45) is 1.23. The first kappa shape index (κ1) is 11.1. The number of nitrogens with zero attached hydrogens (tertiary/aromatic N) is 1. The van der Waals surface area contributed by atoms with Crippen LogP contribution in [0.3, 0.4) is 0 Å². The van der Waals surface area contributed by atoms with Crippen molar-refractivity contribution in [3.8, 4) is 0 Å². The van der Waals surface area contributed by atoms with Crippen LogP contribution >= 0.6 is 22.6 Å². The average molecular weight is 313 g/mol. The SMILES string of the molecule is CC1=C(I)CN(Cc2ccccc2)CC1. The fourth-order valence-electron chi connectivity index (χ4n) is 1.85. The maximum atomic E-state index is 2.52. The Bertz CT molecular complexity index is 356. The van der Waals surface area contributed by atoms with Gasteiger partial charge in [0.05, 0.1) is 0 Å². The Hall–Kier alpha value is -0.350. The Kier molecular flexibility index (Phi) is 3.81. The van der Waals surface area contributed by atoms with Crippen molar-refractivity contribution in [3.05, 3.63) is 45.0 Å². The quantitative estimate of drug-likeness (QED) is 0.754. The summed E-state index contributed by atoms with van der Waals surface area (Å²) in [5, 5.41) is 0. The van der Waals surface area contributed by atoms with Crippen LogP contribution in [-0.2, 0) is 6.54 Å². The van der Waals surface area contributed by atoms with Gasteiger partial charge in [0.15, 0.2) is 0 Å². The molecule has 1 aromatic carbocycles. The second-order valence-electron chi connectivity index (χ2n) is 4.13. The van der Waals surface area contributed by atoms with Crippen LogP contribution in [0.4, 0.5) is 0 Å². The van der Waals surface area contributed by atoms with Crippen molar-refractivity contribution < 1.29 is 0 Å². The molecule has 2 heteroatoms. The highest BCUT2D eigenvalue weighted by Crippen LogP contribution is 2.23. The zero-order chi connectivity index (χ0) is 10.7. The van der Waals surface area contributed by atoms with Gasteiger partial charge in [-0.2, -0.15) is 0 Å². The van der Waals surface area contributed by atoms with Crippen molar-refractivity contribution in [2.75, 3.05) is 13.1 Å². The lowest BCUT2D eigenvalue weighted by molar-refractivity contribution is 0.285. The molecule has 1 heterocycles. The highest BCUT2D eigenvalue weighted by molar-refractivity contribution is 14.1. The molecule has 0 unspecified atom stereocenters. The van der Waals surface area contributed by atoms with Crippen LogP contribution in [0, 0.1) is 0 Å². The minimum absolute atomic E-state index is 1.08. The van der Waals surface area contributed by atoms with Crippen LogP contribution in [0.25, 0.3) is 0 Å². The summed E-state index contributed by atoms with van der Waals surface area (Å²) in [5.74, 6) is 0. The average Bonchev–Trinajstić information content (AvgIpc) is 2.25. The highest BCUT2D eigenvalue weighted by atomic mass is 127. The molecule has 0 spiro atoms. The van der Waals surface area contributed by atoms with Gasteiger partial charge in [-0.3, -0.25) is 4.90 Å². The van der Waals surface area contributed by atoms with E-state index in [4.69, 9.17) is 0 Å². The molecule has 0 bridgehead atoms.